The quantitative estimate of drug-likeness (QED) is 0.893. The number of rotatable bonds is 4. The molecule has 2 N–H and O–H groups in total. The minimum atomic E-state index is -0.910. The lowest BCUT2D eigenvalue weighted by atomic mass is 9.93. The summed E-state index contributed by atoms with van der Waals surface area (Å²) in [5.74, 6) is 2.02. The second kappa shape index (κ2) is 6.99. The third-order valence-electron chi connectivity index (χ3n) is 3.58. The summed E-state index contributed by atoms with van der Waals surface area (Å²) in [4.78, 5) is 13.8. The first-order valence-electron chi connectivity index (χ1n) is 6.98. The van der Waals surface area contributed by atoms with Crippen molar-refractivity contribution >= 4 is 17.8 Å². The molecule has 2 rings (SSSR count). The molecule has 2 amide bonds. The van der Waals surface area contributed by atoms with Crippen LogP contribution < -0.4 is 5.32 Å². The Bertz CT molecular complexity index is 431. The molecule has 0 bridgehead atoms. The van der Waals surface area contributed by atoms with E-state index in [2.05, 4.69) is 5.32 Å². The van der Waals surface area contributed by atoms with E-state index in [0.29, 0.717) is 13.0 Å². The topological polar surface area (TPSA) is 52.6 Å². The van der Waals surface area contributed by atoms with E-state index >= 15 is 0 Å². The minimum absolute atomic E-state index is 0.0193. The molecule has 0 spiro atoms. The van der Waals surface area contributed by atoms with Crippen molar-refractivity contribution in [1.82, 2.24) is 10.2 Å². The van der Waals surface area contributed by atoms with Gasteiger partial charge in [-0.25, -0.2) is 4.79 Å². The predicted octanol–water partition coefficient (Wildman–Crippen LogP) is 2.04. The third-order valence-corrected chi connectivity index (χ3v) is 4.52. The van der Waals surface area contributed by atoms with Crippen LogP contribution in [0.2, 0.25) is 0 Å². The average Bonchev–Trinajstić information content (AvgIpc) is 2.49. The molecular weight excluding hydrogens is 272 g/mol. The zero-order valence-corrected chi connectivity index (χ0v) is 12.7. The number of benzene rings is 1. The number of urea groups is 1. The number of hydrogen-bond acceptors (Lipinski definition) is 3. The van der Waals surface area contributed by atoms with Crippen molar-refractivity contribution < 1.29 is 9.90 Å². The molecule has 0 radical (unpaired) electrons. The number of carbonyl (C=O) groups is 1. The highest BCUT2D eigenvalue weighted by Crippen LogP contribution is 2.23. The largest absolute Gasteiger partial charge is 0.385 e. The van der Waals surface area contributed by atoms with Gasteiger partial charge in [0.05, 0.1) is 5.60 Å². The van der Waals surface area contributed by atoms with Crippen molar-refractivity contribution in [2.75, 3.05) is 31.1 Å². The van der Waals surface area contributed by atoms with Crippen LogP contribution in [-0.4, -0.2) is 47.2 Å². The number of amides is 2. The Morgan fingerprint density at radius 3 is 2.65 bits per heavy atom. The molecule has 0 aliphatic carbocycles. The van der Waals surface area contributed by atoms with Gasteiger partial charge in [-0.15, -0.1) is 0 Å². The van der Waals surface area contributed by atoms with E-state index in [-0.39, 0.29) is 6.03 Å². The van der Waals surface area contributed by atoms with Gasteiger partial charge >= 0.3 is 6.03 Å². The second-order valence-electron chi connectivity index (χ2n) is 5.22. The zero-order valence-electron chi connectivity index (χ0n) is 11.8. The summed E-state index contributed by atoms with van der Waals surface area (Å²) in [5.41, 5.74) is -0.0321. The van der Waals surface area contributed by atoms with Gasteiger partial charge in [0.1, 0.15) is 0 Å². The van der Waals surface area contributed by atoms with E-state index in [1.807, 2.05) is 47.0 Å². The Hall–Kier alpha value is -1.20. The number of aliphatic hydroxyl groups is 1. The number of nitrogens with one attached hydrogen (secondary N) is 1. The lowest BCUT2D eigenvalue weighted by Gasteiger charge is -2.28. The molecule has 1 aliphatic rings. The van der Waals surface area contributed by atoms with Crippen molar-refractivity contribution in [3.8, 4) is 0 Å². The van der Waals surface area contributed by atoms with Crippen molar-refractivity contribution in [3.63, 3.8) is 0 Å². The predicted molar refractivity (Wildman–Crippen MR) is 82.9 cm³/mol. The van der Waals surface area contributed by atoms with Crippen LogP contribution in [0, 0.1) is 0 Å². The summed E-state index contributed by atoms with van der Waals surface area (Å²) in [5, 5.41) is 13.3. The van der Waals surface area contributed by atoms with Gasteiger partial charge in [0, 0.05) is 31.1 Å². The SMILES string of the molecule is C[C@](O)(CCNC(=O)N1CCSCC1)c1ccccc1. The third kappa shape index (κ3) is 4.15. The highest BCUT2D eigenvalue weighted by atomic mass is 32.2. The van der Waals surface area contributed by atoms with E-state index in [1.165, 1.54) is 0 Å². The van der Waals surface area contributed by atoms with E-state index < -0.39 is 5.60 Å². The molecule has 1 aliphatic heterocycles. The van der Waals surface area contributed by atoms with Crippen LogP contribution in [-0.2, 0) is 5.60 Å². The van der Waals surface area contributed by atoms with Crippen molar-refractivity contribution in [2.24, 2.45) is 0 Å². The summed E-state index contributed by atoms with van der Waals surface area (Å²) in [6.45, 7) is 3.88. The number of nitrogens with zero attached hydrogens (tertiary/aromatic N) is 1. The van der Waals surface area contributed by atoms with Crippen LogP contribution >= 0.6 is 11.8 Å². The van der Waals surface area contributed by atoms with E-state index in [1.54, 1.807) is 6.92 Å². The van der Waals surface area contributed by atoms with Crippen LogP contribution in [0.25, 0.3) is 0 Å². The first kappa shape index (κ1) is 15.2. The van der Waals surface area contributed by atoms with Gasteiger partial charge in [-0.2, -0.15) is 11.8 Å². The normalized spacial score (nSPS) is 18.4. The summed E-state index contributed by atoms with van der Waals surface area (Å²) in [6.07, 6.45) is 0.505. The van der Waals surface area contributed by atoms with Gasteiger partial charge in [0.15, 0.2) is 0 Å². The summed E-state index contributed by atoms with van der Waals surface area (Å²) in [6, 6.07) is 9.54. The Kier molecular flexibility index (Phi) is 5.31. The highest BCUT2D eigenvalue weighted by Gasteiger charge is 2.23. The molecule has 5 heteroatoms. The van der Waals surface area contributed by atoms with Gasteiger partial charge in [0.2, 0.25) is 0 Å². The van der Waals surface area contributed by atoms with Gasteiger partial charge in [-0.05, 0) is 18.9 Å². The maximum absolute atomic E-state index is 11.9. The Labute approximate surface area is 124 Å². The first-order chi connectivity index (χ1) is 9.59. The fourth-order valence-corrected chi connectivity index (χ4v) is 3.14. The van der Waals surface area contributed by atoms with E-state index in [0.717, 1.165) is 30.2 Å². The van der Waals surface area contributed by atoms with Crippen LogP contribution in [0.15, 0.2) is 30.3 Å². The standard InChI is InChI=1S/C15H22N2O2S/c1-15(19,13-5-3-2-4-6-13)7-8-16-14(18)17-9-11-20-12-10-17/h2-6,19H,7-12H2,1H3,(H,16,18)/t15-/m0/s1. The number of thioether (sulfide) groups is 1. The number of hydrogen-bond donors (Lipinski definition) is 2. The molecule has 1 atom stereocenters. The molecule has 1 aromatic rings. The van der Waals surface area contributed by atoms with Gasteiger partial charge < -0.3 is 15.3 Å². The number of carbonyl (C=O) groups excluding carboxylic acids is 1. The molecule has 20 heavy (non-hydrogen) atoms. The lowest BCUT2D eigenvalue weighted by molar-refractivity contribution is 0.0484. The summed E-state index contributed by atoms with van der Waals surface area (Å²) in [7, 11) is 0. The first-order valence-corrected chi connectivity index (χ1v) is 8.13. The summed E-state index contributed by atoms with van der Waals surface area (Å²) >= 11 is 1.88. The van der Waals surface area contributed by atoms with Crippen LogP contribution in [0.5, 0.6) is 0 Å². The summed E-state index contributed by atoms with van der Waals surface area (Å²) < 4.78 is 0. The van der Waals surface area contributed by atoms with Crippen LogP contribution in [0.3, 0.4) is 0 Å². The van der Waals surface area contributed by atoms with Crippen molar-refractivity contribution in [2.45, 2.75) is 18.9 Å². The van der Waals surface area contributed by atoms with E-state index in [9.17, 15) is 9.90 Å². The Morgan fingerprint density at radius 2 is 2.00 bits per heavy atom. The van der Waals surface area contributed by atoms with Crippen LogP contribution in [0.1, 0.15) is 18.9 Å². The minimum Gasteiger partial charge on any atom is -0.385 e. The molecule has 0 aromatic heterocycles. The van der Waals surface area contributed by atoms with E-state index in [4.69, 9.17) is 0 Å². The smallest absolute Gasteiger partial charge is 0.317 e. The lowest BCUT2D eigenvalue weighted by Crippen LogP contribution is -2.45. The highest BCUT2D eigenvalue weighted by molar-refractivity contribution is 7.99. The van der Waals surface area contributed by atoms with Gasteiger partial charge in [0.25, 0.3) is 0 Å². The van der Waals surface area contributed by atoms with Gasteiger partial charge in [-0.1, -0.05) is 30.3 Å². The molecule has 1 aromatic carbocycles. The fourth-order valence-electron chi connectivity index (χ4n) is 2.23. The molecule has 110 valence electrons. The molecule has 0 unspecified atom stereocenters. The molecule has 0 saturated carbocycles. The maximum Gasteiger partial charge on any atom is 0.317 e. The Morgan fingerprint density at radius 1 is 1.35 bits per heavy atom. The van der Waals surface area contributed by atoms with Crippen molar-refractivity contribution in [1.29, 1.82) is 0 Å². The molecule has 1 heterocycles. The van der Waals surface area contributed by atoms with Crippen LogP contribution in [0.4, 0.5) is 4.79 Å². The maximum atomic E-state index is 11.9. The van der Waals surface area contributed by atoms with Crippen molar-refractivity contribution in [3.05, 3.63) is 35.9 Å². The zero-order chi connectivity index (χ0) is 14.4. The molecule has 1 fully saturated rings. The average molecular weight is 294 g/mol. The molecule has 4 nitrogen and oxygen atoms in total. The van der Waals surface area contributed by atoms with Gasteiger partial charge in [-0.3, -0.25) is 0 Å². The molecular formula is C15H22N2O2S. The molecule has 1 saturated heterocycles. The fraction of sp³-hybridized carbons (Fsp3) is 0.533. The Balaban J connectivity index is 1.78. The monoisotopic (exact) mass is 294 g/mol. The second-order valence-corrected chi connectivity index (χ2v) is 6.45.